The third-order valence-corrected chi connectivity index (χ3v) is 3.23. The van der Waals surface area contributed by atoms with Gasteiger partial charge in [-0.1, -0.05) is 25.1 Å². The molecule has 0 aliphatic carbocycles. The van der Waals surface area contributed by atoms with Crippen LogP contribution in [-0.4, -0.2) is 13.7 Å². The van der Waals surface area contributed by atoms with Crippen molar-refractivity contribution in [3.63, 3.8) is 0 Å². The van der Waals surface area contributed by atoms with Crippen molar-refractivity contribution in [2.45, 2.75) is 19.4 Å². The molecule has 1 unspecified atom stereocenters. The van der Waals surface area contributed by atoms with Gasteiger partial charge in [0, 0.05) is 11.6 Å². The van der Waals surface area contributed by atoms with Gasteiger partial charge in [0.25, 0.3) is 0 Å². The fraction of sp³-hybridized carbons (Fsp3) is 0.294. The molecule has 0 fully saturated rings. The minimum atomic E-state index is -0.541. The summed E-state index contributed by atoms with van der Waals surface area (Å²) in [6.45, 7) is 2.69. The molecule has 0 aromatic heterocycles. The van der Waals surface area contributed by atoms with Gasteiger partial charge in [0.2, 0.25) is 0 Å². The van der Waals surface area contributed by atoms with Gasteiger partial charge < -0.3 is 15.2 Å². The van der Waals surface area contributed by atoms with Crippen LogP contribution >= 0.6 is 0 Å². The standard InChI is InChI=1S/C17H20FNO2/c1-3-9-21-14-6-4-5-12(10-14)17(19)15-8-7-13(20-2)11-16(15)18/h4-8,10-11,17H,3,9,19H2,1-2H3. The van der Waals surface area contributed by atoms with Crippen LogP contribution in [0.4, 0.5) is 4.39 Å². The van der Waals surface area contributed by atoms with E-state index in [1.54, 1.807) is 12.1 Å². The lowest BCUT2D eigenvalue weighted by molar-refractivity contribution is 0.317. The van der Waals surface area contributed by atoms with Crippen molar-refractivity contribution < 1.29 is 13.9 Å². The monoisotopic (exact) mass is 289 g/mol. The zero-order chi connectivity index (χ0) is 15.2. The van der Waals surface area contributed by atoms with Gasteiger partial charge in [-0.05, 0) is 30.2 Å². The second-order valence-corrected chi connectivity index (χ2v) is 4.79. The van der Waals surface area contributed by atoms with E-state index in [-0.39, 0.29) is 5.82 Å². The normalized spacial score (nSPS) is 12.0. The topological polar surface area (TPSA) is 44.5 Å². The van der Waals surface area contributed by atoms with Crippen molar-refractivity contribution in [3.05, 3.63) is 59.4 Å². The van der Waals surface area contributed by atoms with Crippen molar-refractivity contribution in [3.8, 4) is 11.5 Å². The maximum atomic E-state index is 14.1. The Morgan fingerprint density at radius 1 is 1.14 bits per heavy atom. The molecule has 2 aromatic carbocycles. The average Bonchev–Trinajstić information content (AvgIpc) is 2.52. The van der Waals surface area contributed by atoms with E-state index in [9.17, 15) is 4.39 Å². The lowest BCUT2D eigenvalue weighted by Crippen LogP contribution is -2.14. The molecule has 21 heavy (non-hydrogen) atoms. The minimum absolute atomic E-state index is 0.373. The zero-order valence-corrected chi connectivity index (χ0v) is 12.3. The first-order valence-corrected chi connectivity index (χ1v) is 6.97. The summed E-state index contributed by atoms with van der Waals surface area (Å²) in [5.74, 6) is 0.851. The molecule has 0 saturated carbocycles. The van der Waals surface area contributed by atoms with Crippen molar-refractivity contribution >= 4 is 0 Å². The Morgan fingerprint density at radius 3 is 2.62 bits per heavy atom. The lowest BCUT2D eigenvalue weighted by atomic mass is 9.99. The summed E-state index contributed by atoms with van der Waals surface area (Å²) < 4.78 is 24.7. The molecule has 0 aliphatic heterocycles. The molecule has 3 nitrogen and oxygen atoms in total. The summed E-state index contributed by atoms with van der Waals surface area (Å²) in [4.78, 5) is 0. The number of hydrogen-bond acceptors (Lipinski definition) is 3. The first-order chi connectivity index (χ1) is 10.2. The van der Waals surface area contributed by atoms with Crippen LogP contribution in [0, 0.1) is 5.82 Å². The van der Waals surface area contributed by atoms with Crippen LogP contribution in [0.5, 0.6) is 11.5 Å². The number of hydrogen-bond donors (Lipinski definition) is 1. The van der Waals surface area contributed by atoms with Crippen molar-refractivity contribution in [1.29, 1.82) is 0 Å². The fourth-order valence-electron chi connectivity index (χ4n) is 2.08. The first-order valence-electron chi connectivity index (χ1n) is 6.97. The van der Waals surface area contributed by atoms with Crippen molar-refractivity contribution in [2.24, 2.45) is 5.73 Å². The predicted molar refractivity (Wildman–Crippen MR) is 81.2 cm³/mol. The molecule has 0 bridgehead atoms. The van der Waals surface area contributed by atoms with E-state index >= 15 is 0 Å². The van der Waals surface area contributed by atoms with Crippen LogP contribution in [-0.2, 0) is 0 Å². The van der Waals surface area contributed by atoms with E-state index in [2.05, 4.69) is 0 Å². The van der Waals surface area contributed by atoms with Crippen LogP contribution in [0.15, 0.2) is 42.5 Å². The second kappa shape index (κ2) is 7.09. The number of methoxy groups -OCH3 is 1. The highest BCUT2D eigenvalue weighted by molar-refractivity contribution is 5.39. The molecule has 0 heterocycles. The number of rotatable bonds is 6. The summed E-state index contributed by atoms with van der Waals surface area (Å²) in [5.41, 5.74) is 7.42. The van der Waals surface area contributed by atoms with Gasteiger partial charge in [-0.2, -0.15) is 0 Å². The molecule has 2 aromatic rings. The SMILES string of the molecule is CCCOc1cccc(C(N)c2ccc(OC)cc2F)c1. The van der Waals surface area contributed by atoms with E-state index < -0.39 is 6.04 Å². The van der Waals surface area contributed by atoms with Crippen LogP contribution in [0.2, 0.25) is 0 Å². The zero-order valence-electron chi connectivity index (χ0n) is 12.3. The average molecular weight is 289 g/mol. The quantitative estimate of drug-likeness (QED) is 0.882. The molecule has 0 saturated heterocycles. The van der Waals surface area contributed by atoms with Gasteiger partial charge in [0.05, 0.1) is 19.8 Å². The molecule has 0 radical (unpaired) electrons. The van der Waals surface area contributed by atoms with Gasteiger partial charge in [0.1, 0.15) is 17.3 Å². The molecule has 2 N–H and O–H groups in total. The van der Waals surface area contributed by atoms with Gasteiger partial charge in [0.15, 0.2) is 0 Å². The summed E-state index contributed by atoms with van der Waals surface area (Å²) in [5, 5.41) is 0. The molecule has 4 heteroatoms. The summed E-state index contributed by atoms with van der Waals surface area (Å²) in [7, 11) is 1.50. The number of nitrogens with two attached hydrogens (primary N) is 1. The largest absolute Gasteiger partial charge is 0.497 e. The van der Waals surface area contributed by atoms with E-state index in [1.807, 2.05) is 31.2 Å². The predicted octanol–water partition coefficient (Wildman–Crippen LogP) is 3.67. The molecule has 0 aliphatic rings. The minimum Gasteiger partial charge on any atom is -0.497 e. The third kappa shape index (κ3) is 3.73. The number of halogens is 1. The Bertz CT molecular complexity index is 601. The molecular formula is C17H20FNO2. The third-order valence-electron chi connectivity index (χ3n) is 3.23. The highest BCUT2D eigenvalue weighted by atomic mass is 19.1. The van der Waals surface area contributed by atoms with Gasteiger partial charge >= 0.3 is 0 Å². The maximum absolute atomic E-state index is 14.1. The van der Waals surface area contributed by atoms with Gasteiger partial charge in [-0.25, -0.2) is 4.39 Å². The lowest BCUT2D eigenvalue weighted by Gasteiger charge is -2.15. The van der Waals surface area contributed by atoms with Crippen LogP contribution in [0.1, 0.15) is 30.5 Å². The van der Waals surface area contributed by atoms with Crippen LogP contribution in [0.3, 0.4) is 0 Å². The molecular weight excluding hydrogens is 269 g/mol. The van der Waals surface area contributed by atoms with E-state index in [0.717, 1.165) is 17.7 Å². The highest BCUT2D eigenvalue weighted by Crippen LogP contribution is 2.27. The molecule has 0 amide bonds. The Kier molecular flexibility index (Phi) is 5.17. The van der Waals surface area contributed by atoms with Crippen molar-refractivity contribution in [2.75, 3.05) is 13.7 Å². The fourth-order valence-corrected chi connectivity index (χ4v) is 2.08. The highest BCUT2D eigenvalue weighted by Gasteiger charge is 2.15. The number of ether oxygens (including phenoxy) is 2. The van der Waals surface area contributed by atoms with E-state index in [1.165, 1.54) is 13.2 Å². The second-order valence-electron chi connectivity index (χ2n) is 4.79. The van der Waals surface area contributed by atoms with E-state index in [4.69, 9.17) is 15.2 Å². The van der Waals surface area contributed by atoms with E-state index in [0.29, 0.717) is 17.9 Å². The number of benzene rings is 2. The molecule has 112 valence electrons. The maximum Gasteiger partial charge on any atom is 0.132 e. The Hall–Kier alpha value is -2.07. The Morgan fingerprint density at radius 2 is 1.95 bits per heavy atom. The first kappa shape index (κ1) is 15.3. The molecule has 1 atom stereocenters. The smallest absolute Gasteiger partial charge is 0.132 e. The molecule has 0 spiro atoms. The van der Waals surface area contributed by atoms with Crippen molar-refractivity contribution in [1.82, 2.24) is 0 Å². The van der Waals surface area contributed by atoms with Crippen LogP contribution < -0.4 is 15.2 Å². The molecule has 2 rings (SSSR count). The van der Waals surface area contributed by atoms with Gasteiger partial charge in [-0.3, -0.25) is 0 Å². The summed E-state index contributed by atoms with van der Waals surface area (Å²) >= 11 is 0. The van der Waals surface area contributed by atoms with Gasteiger partial charge in [-0.15, -0.1) is 0 Å². The summed E-state index contributed by atoms with van der Waals surface area (Å²) in [6.07, 6.45) is 0.934. The Balaban J connectivity index is 2.25. The Labute approximate surface area is 124 Å². The summed E-state index contributed by atoms with van der Waals surface area (Å²) in [6, 6.07) is 11.6. The van der Waals surface area contributed by atoms with Crippen LogP contribution in [0.25, 0.3) is 0 Å².